The Labute approximate surface area is 164 Å². The molecule has 7 heteroatoms. The molecule has 1 aliphatic carbocycles. The zero-order valence-electron chi connectivity index (χ0n) is 17.0. The van der Waals surface area contributed by atoms with Crippen molar-refractivity contribution in [3.05, 3.63) is 29.8 Å². The molecule has 1 aromatic rings. The van der Waals surface area contributed by atoms with Crippen LogP contribution in [-0.2, 0) is 10.0 Å². The molecule has 1 aromatic carbocycles. The Bertz CT molecular complexity index is 724. The summed E-state index contributed by atoms with van der Waals surface area (Å²) in [6.07, 6.45) is 4.34. The monoisotopic (exact) mass is 395 g/mol. The van der Waals surface area contributed by atoms with Crippen LogP contribution in [0.3, 0.4) is 0 Å². The fraction of sp³-hybridized carbons (Fsp3) is 0.650. The van der Waals surface area contributed by atoms with E-state index in [1.807, 2.05) is 32.8 Å². The molecule has 0 aromatic heterocycles. The van der Waals surface area contributed by atoms with E-state index in [9.17, 15) is 13.2 Å². The highest BCUT2D eigenvalue weighted by Gasteiger charge is 2.29. The number of rotatable bonds is 9. The standard InChI is InChI=1S/C20H33N3O3S/c1-5-22(6-2)27(25,26)19-13-9-10-17(16-19)20(24)23(15-14-21(3)4)18-11-7-8-12-18/h9-10,13,16,18H,5-8,11-12,14-15H2,1-4H3. The van der Waals surface area contributed by atoms with Crippen molar-refractivity contribution >= 4 is 15.9 Å². The van der Waals surface area contributed by atoms with Gasteiger partial charge in [-0.2, -0.15) is 4.31 Å². The molecule has 0 saturated heterocycles. The summed E-state index contributed by atoms with van der Waals surface area (Å²) in [6, 6.07) is 6.75. The Kier molecular flexibility index (Phi) is 7.82. The Morgan fingerprint density at radius 2 is 1.70 bits per heavy atom. The number of benzene rings is 1. The number of hydrogen-bond acceptors (Lipinski definition) is 4. The number of carbonyl (C=O) groups is 1. The number of nitrogens with zero attached hydrogens (tertiary/aromatic N) is 3. The molecule has 152 valence electrons. The number of amides is 1. The van der Waals surface area contributed by atoms with Gasteiger partial charge in [0, 0.05) is 37.8 Å². The van der Waals surface area contributed by atoms with Crippen molar-refractivity contribution in [1.82, 2.24) is 14.1 Å². The summed E-state index contributed by atoms with van der Waals surface area (Å²) in [5.41, 5.74) is 0.453. The van der Waals surface area contributed by atoms with Crippen LogP contribution in [0, 0.1) is 0 Å². The number of sulfonamides is 1. The Balaban J connectivity index is 2.30. The van der Waals surface area contributed by atoms with Crippen molar-refractivity contribution < 1.29 is 13.2 Å². The number of hydrogen-bond donors (Lipinski definition) is 0. The second-order valence-electron chi connectivity index (χ2n) is 7.36. The van der Waals surface area contributed by atoms with E-state index in [-0.39, 0.29) is 16.8 Å². The zero-order chi connectivity index (χ0) is 20.0. The Morgan fingerprint density at radius 3 is 2.26 bits per heavy atom. The molecule has 1 fully saturated rings. The summed E-state index contributed by atoms with van der Waals surface area (Å²) in [5.74, 6) is -0.0691. The fourth-order valence-corrected chi connectivity index (χ4v) is 5.15. The van der Waals surface area contributed by atoms with Gasteiger partial charge < -0.3 is 9.80 Å². The molecule has 1 saturated carbocycles. The van der Waals surface area contributed by atoms with Crippen molar-refractivity contribution in [2.75, 3.05) is 40.3 Å². The molecular formula is C20H33N3O3S. The molecule has 0 heterocycles. The van der Waals surface area contributed by atoms with Gasteiger partial charge in [0.1, 0.15) is 0 Å². The zero-order valence-corrected chi connectivity index (χ0v) is 17.8. The predicted octanol–water partition coefficient (Wildman–Crippen LogP) is 2.66. The largest absolute Gasteiger partial charge is 0.334 e. The summed E-state index contributed by atoms with van der Waals surface area (Å²) >= 11 is 0. The van der Waals surface area contributed by atoms with Gasteiger partial charge in [-0.1, -0.05) is 32.8 Å². The minimum atomic E-state index is -3.57. The van der Waals surface area contributed by atoms with Crippen LogP contribution in [0.1, 0.15) is 49.9 Å². The first-order valence-electron chi connectivity index (χ1n) is 9.87. The van der Waals surface area contributed by atoms with E-state index in [2.05, 4.69) is 4.90 Å². The second-order valence-corrected chi connectivity index (χ2v) is 9.30. The van der Waals surface area contributed by atoms with Crippen LogP contribution >= 0.6 is 0 Å². The maximum atomic E-state index is 13.2. The van der Waals surface area contributed by atoms with Gasteiger partial charge in [-0.15, -0.1) is 0 Å². The average molecular weight is 396 g/mol. The molecule has 0 N–H and O–H groups in total. The van der Waals surface area contributed by atoms with Gasteiger partial charge in [-0.25, -0.2) is 8.42 Å². The first kappa shape index (κ1) is 21.9. The number of likely N-dealkylation sites (N-methyl/N-ethyl adjacent to an activating group) is 1. The van der Waals surface area contributed by atoms with E-state index in [1.54, 1.807) is 18.2 Å². The minimum absolute atomic E-state index is 0.0691. The van der Waals surface area contributed by atoms with Gasteiger partial charge in [0.05, 0.1) is 4.90 Å². The van der Waals surface area contributed by atoms with E-state index >= 15 is 0 Å². The van der Waals surface area contributed by atoms with Crippen LogP contribution in [0.15, 0.2) is 29.2 Å². The van der Waals surface area contributed by atoms with Gasteiger partial charge >= 0.3 is 0 Å². The van der Waals surface area contributed by atoms with E-state index in [4.69, 9.17) is 0 Å². The topological polar surface area (TPSA) is 60.9 Å². The van der Waals surface area contributed by atoms with Crippen LogP contribution in [0.2, 0.25) is 0 Å². The third-order valence-electron chi connectivity index (χ3n) is 5.24. The smallest absolute Gasteiger partial charge is 0.254 e. The fourth-order valence-electron chi connectivity index (χ4n) is 3.64. The molecule has 0 unspecified atom stereocenters. The van der Waals surface area contributed by atoms with E-state index in [0.29, 0.717) is 25.2 Å². The molecule has 2 rings (SSSR count). The first-order chi connectivity index (χ1) is 12.8. The summed E-state index contributed by atoms with van der Waals surface area (Å²) in [4.78, 5) is 17.4. The summed E-state index contributed by atoms with van der Waals surface area (Å²) in [6.45, 7) is 5.91. The third kappa shape index (κ3) is 5.30. The quantitative estimate of drug-likeness (QED) is 0.645. The normalized spacial score (nSPS) is 15.6. The molecular weight excluding hydrogens is 362 g/mol. The van der Waals surface area contributed by atoms with Gasteiger partial charge in [-0.05, 0) is 45.1 Å². The minimum Gasteiger partial charge on any atom is -0.334 e. The summed E-state index contributed by atoms with van der Waals surface area (Å²) < 4.78 is 27.0. The Hall–Kier alpha value is -1.44. The summed E-state index contributed by atoms with van der Waals surface area (Å²) in [5, 5.41) is 0. The van der Waals surface area contributed by atoms with Gasteiger partial charge in [-0.3, -0.25) is 4.79 Å². The van der Waals surface area contributed by atoms with Crippen molar-refractivity contribution in [2.45, 2.75) is 50.5 Å². The molecule has 6 nitrogen and oxygen atoms in total. The van der Waals surface area contributed by atoms with Crippen LogP contribution in [0.5, 0.6) is 0 Å². The van der Waals surface area contributed by atoms with E-state index in [0.717, 1.165) is 32.2 Å². The van der Waals surface area contributed by atoms with Crippen molar-refractivity contribution in [1.29, 1.82) is 0 Å². The van der Waals surface area contributed by atoms with Crippen molar-refractivity contribution in [2.24, 2.45) is 0 Å². The molecule has 0 aliphatic heterocycles. The highest BCUT2D eigenvalue weighted by atomic mass is 32.2. The van der Waals surface area contributed by atoms with Crippen molar-refractivity contribution in [3.8, 4) is 0 Å². The van der Waals surface area contributed by atoms with Gasteiger partial charge in [0.15, 0.2) is 0 Å². The maximum Gasteiger partial charge on any atom is 0.254 e. The highest BCUT2D eigenvalue weighted by Crippen LogP contribution is 2.26. The predicted molar refractivity (Wildman–Crippen MR) is 108 cm³/mol. The molecule has 0 spiro atoms. The lowest BCUT2D eigenvalue weighted by atomic mass is 10.1. The molecule has 0 radical (unpaired) electrons. The van der Waals surface area contributed by atoms with Crippen LogP contribution in [-0.4, -0.2) is 74.7 Å². The molecule has 1 amide bonds. The Morgan fingerprint density at radius 1 is 1.07 bits per heavy atom. The van der Waals surface area contributed by atoms with Gasteiger partial charge in [0.2, 0.25) is 10.0 Å². The second kappa shape index (κ2) is 9.66. The first-order valence-corrected chi connectivity index (χ1v) is 11.3. The SMILES string of the molecule is CCN(CC)S(=O)(=O)c1cccc(C(=O)N(CCN(C)C)C2CCCC2)c1. The maximum absolute atomic E-state index is 13.2. The lowest BCUT2D eigenvalue weighted by molar-refractivity contribution is 0.0667. The molecule has 1 aliphatic rings. The van der Waals surface area contributed by atoms with Crippen molar-refractivity contribution in [3.63, 3.8) is 0 Å². The average Bonchev–Trinajstić information content (AvgIpc) is 3.17. The molecule has 0 bridgehead atoms. The third-order valence-corrected chi connectivity index (χ3v) is 7.28. The van der Waals surface area contributed by atoms with Crippen LogP contribution in [0.4, 0.5) is 0 Å². The van der Waals surface area contributed by atoms with Gasteiger partial charge in [0.25, 0.3) is 5.91 Å². The molecule has 27 heavy (non-hydrogen) atoms. The van der Waals surface area contributed by atoms with E-state index in [1.165, 1.54) is 10.4 Å². The summed E-state index contributed by atoms with van der Waals surface area (Å²) in [7, 11) is 0.416. The number of carbonyl (C=O) groups excluding carboxylic acids is 1. The lowest BCUT2D eigenvalue weighted by Crippen LogP contribution is -2.42. The molecule has 0 atom stereocenters. The van der Waals surface area contributed by atoms with Crippen LogP contribution in [0.25, 0.3) is 0 Å². The highest BCUT2D eigenvalue weighted by molar-refractivity contribution is 7.89. The lowest BCUT2D eigenvalue weighted by Gasteiger charge is -2.30. The van der Waals surface area contributed by atoms with E-state index < -0.39 is 10.0 Å². The van der Waals surface area contributed by atoms with Crippen LogP contribution < -0.4 is 0 Å².